The number of amides is 3. The number of nitrogens with zero attached hydrogens (tertiary/aromatic N) is 2. The summed E-state index contributed by atoms with van der Waals surface area (Å²) in [7, 11) is 0. The number of urea groups is 1. The summed E-state index contributed by atoms with van der Waals surface area (Å²) in [4.78, 5) is 26.5. The van der Waals surface area contributed by atoms with Gasteiger partial charge in [0.15, 0.2) is 0 Å². The number of rotatable bonds is 4. The maximum atomic E-state index is 12.4. The van der Waals surface area contributed by atoms with Gasteiger partial charge in [-0.25, -0.2) is 4.79 Å². The summed E-state index contributed by atoms with van der Waals surface area (Å²) in [5.41, 5.74) is 2.15. The van der Waals surface area contributed by atoms with Gasteiger partial charge in [-0.3, -0.25) is 9.89 Å². The normalized spacial score (nSPS) is 17.2. The molecule has 0 saturated carbocycles. The van der Waals surface area contributed by atoms with Gasteiger partial charge in [0.2, 0.25) is 0 Å². The first-order chi connectivity index (χ1) is 12.5. The van der Waals surface area contributed by atoms with Crippen LogP contribution in [0.25, 0.3) is 0 Å². The molecule has 1 aromatic heterocycles. The van der Waals surface area contributed by atoms with Crippen molar-refractivity contribution < 1.29 is 9.59 Å². The summed E-state index contributed by atoms with van der Waals surface area (Å²) in [6.07, 6.45) is 3.49. The molecule has 0 aliphatic carbocycles. The van der Waals surface area contributed by atoms with E-state index >= 15 is 0 Å². The van der Waals surface area contributed by atoms with Crippen LogP contribution in [0.4, 0.5) is 10.5 Å². The zero-order chi connectivity index (χ0) is 18.5. The van der Waals surface area contributed by atoms with E-state index < -0.39 is 0 Å². The van der Waals surface area contributed by atoms with E-state index in [0.717, 1.165) is 25.1 Å². The van der Waals surface area contributed by atoms with Gasteiger partial charge in [0, 0.05) is 30.6 Å². The highest BCUT2D eigenvalue weighted by Crippen LogP contribution is 2.30. The highest BCUT2D eigenvalue weighted by molar-refractivity contribution is 6.04. The Hall–Kier alpha value is -2.83. The summed E-state index contributed by atoms with van der Waals surface area (Å²) in [5.74, 6) is -0.0475. The number of hydrogen-bond acceptors (Lipinski definition) is 3. The van der Waals surface area contributed by atoms with Crippen molar-refractivity contribution in [2.75, 3.05) is 18.4 Å². The monoisotopic (exact) mass is 355 g/mol. The van der Waals surface area contributed by atoms with E-state index in [9.17, 15) is 9.59 Å². The number of likely N-dealkylation sites (tertiary alicyclic amines) is 1. The lowest BCUT2D eigenvalue weighted by molar-refractivity contribution is 0.102. The van der Waals surface area contributed by atoms with Crippen LogP contribution in [0.3, 0.4) is 0 Å². The zero-order valence-corrected chi connectivity index (χ0v) is 15.2. The predicted molar refractivity (Wildman–Crippen MR) is 100 cm³/mol. The van der Waals surface area contributed by atoms with Crippen LogP contribution >= 0.6 is 0 Å². The minimum atomic E-state index is -0.168. The molecule has 1 saturated heterocycles. The van der Waals surface area contributed by atoms with Gasteiger partial charge >= 0.3 is 6.03 Å². The van der Waals surface area contributed by atoms with Crippen molar-refractivity contribution in [3.8, 4) is 0 Å². The molecule has 0 unspecified atom stereocenters. The molecule has 138 valence electrons. The largest absolute Gasteiger partial charge is 0.336 e. The van der Waals surface area contributed by atoms with Crippen LogP contribution in [0.2, 0.25) is 0 Å². The molecule has 3 N–H and O–H groups in total. The molecule has 1 aliphatic rings. The standard InChI is InChI=1S/C19H25N5O2/c1-13(2)21-19(26)24-10-6-9-15(12-24)17-16(11-20-23-17)22-18(25)14-7-4-3-5-8-14/h3-5,7-8,11,13,15H,6,9-10,12H2,1-2H3,(H,20,23)(H,21,26)(H,22,25)/t15-/m1/s1. The second kappa shape index (κ2) is 8.03. The van der Waals surface area contributed by atoms with Crippen molar-refractivity contribution in [3.05, 3.63) is 47.8 Å². The van der Waals surface area contributed by atoms with E-state index in [2.05, 4.69) is 20.8 Å². The van der Waals surface area contributed by atoms with Gasteiger partial charge in [0.05, 0.1) is 17.6 Å². The molecule has 1 atom stereocenters. The fraction of sp³-hybridized carbons (Fsp3) is 0.421. The molecule has 26 heavy (non-hydrogen) atoms. The van der Waals surface area contributed by atoms with Gasteiger partial charge in [-0.1, -0.05) is 18.2 Å². The molecular formula is C19H25N5O2. The summed E-state index contributed by atoms with van der Waals surface area (Å²) in [6, 6.07) is 9.14. The number of piperidine rings is 1. The highest BCUT2D eigenvalue weighted by atomic mass is 16.2. The van der Waals surface area contributed by atoms with Crippen molar-refractivity contribution in [3.63, 3.8) is 0 Å². The Bertz CT molecular complexity index is 756. The summed E-state index contributed by atoms with van der Waals surface area (Å²) in [5, 5.41) is 13.0. The van der Waals surface area contributed by atoms with Crippen molar-refractivity contribution in [1.82, 2.24) is 20.4 Å². The molecule has 0 radical (unpaired) electrons. The minimum Gasteiger partial charge on any atom is -0.336 e. The highest BCUT2D eigenvalue weighted by Gasteiger charge is 2.28. The lowest BCUT2D eigenvalue weighted by Gasteiger charge is -2.33. The number of benzene rings is 1. The first-order valence-corrected chi connectivity index (χ1v) is 8.99. The number of carbonyl (C=O) groups is 2. The number of nitrogens with one attached hydrogen (secondary N) is 3. The Kier molecular flexibility index (Phi) is 5.55. The van der Waals surface area contributed by atoms with Crippen LogP contribution in [0.15, 0.2) is 36.5 Å². The zero-order valence-electron chi connectivity index (χ0n) is 15.2. The SMILES string of the molecule is CC(C)NC(=O)N1CCC[C@@H](c2[nH]ncc2NC(=O)c2ccccc2)C1. The van der Waals surface area contributed by atoms with E-state index in [1.165, 1.54) is 0 Å². The van der Waals surface area contributed by atoms with Crippen LogP contribution in [-0.4, -0.2) is 46.2 Å². The Labute approximate surface area is 153 Å². The predicted octanol–water partition coefficient (Wildman–Crippen LogP) is 2.96. The Morgan fingerprint density at radius 3 is 2.77 bits per heavy atom. The summed E-state index contributed by atoms with van der Waals surface area (Å²) >= 11 is 0. The lowest BCUT2D eigenvalue weighted by atomic mass is 9.94. The van der Waals surface area contributed by atoms with Gasteiger partial charge in [-0.05, 0) is 38.8 Å². The van der Waals surface area contributed by atoms with Crippen molar-refractivity contribution in [2.45, 2.75) is 38.6 Å². The van der Waals surface area contributed by atoms with E-state index in [1.807, 2.05) is 36.9 Å². The van der Waals surface area contributed by atoms with Crippen LogP contribution in [0.5, 0.6) is 0 Å². The number of aromatic amines is 1. The smallest absolute Gasteiger partial charge is 0.317 e. The molecule has 0 bridgehead atoms. The molecule has 0 spiro atoms. The van der Waals surface area contributed by atoms with Gasteiger partial charge in [-0.2, -0.15) is 5.10 Å². The van der Waals surface area contributed by atoms with Gasteiger partial charge < -0.3 is 15.5 Å². The second-order valence-electron chi connectivity index (χ2n) is 6.91. The topological polar surface area (TPSA) is 90.1 Å². The average Bonchev–Trinajstić information content (AvgIpc) is 3.10. The third-order valence-electron chi connectivity index (χ3n) is 4.48. The van der Waals surface area contributed by atoms with Gasteiger partial charge in [0.25, 0.3) is 5.91 Å². The molecule has 3 rings (SSSR count). The van der Waals surface area contributed by atoms with E-state index in [-0.39, 0.29) is 23.9 Å². The maximum Gasteiger partial charge on any atom is 0.317 e. The molecule has 1 aliphatic heterocycles. The minimum absolute atomic E-state index is 0.0425. The second-order valence-corrected chi connectivity index (χ2v) is 6.91. The molecular weight excluding hydrogens is 330 g/mol. The quantitative estimate of drug-likeness (QED) is 0.787. The summed E-state index contributed by atoms with van der Waals surface area (Å²) in [6.45, 7) is 5.25. The molecule has 1 fully saturated rings. The molecule has 1 aromatic carbocycles. The fourth-order valence-corrected chi connectivity index (χ4v) is 3.23. The van der Waals surface area contributed by atoms with E-state index in [0.29, 0.717) is 17.8 Å². The fourth-order valence-electron chi connectivity index (χ4n) is 3.23. The van der Waals surface area contributed by atoms with Gasteiger partial charge in [0.1, 0.15) is 0 Å². The third-order valence-corrected chi connectivity index (χ3v) is 4.48. The molecule has 2 heterocycles. The third kappa shape index (κ3) is 4.22. The summed E-state index contributed by atoms with van der Waals surface area (Å²) < 4.78 is 0. The van der Waals surface area contributed by atoms with E-state index in [4.69, 9.17) is 0 Å². The first-order valence-electron chi connectivity index (χ1n) is 8.99. The Balaban J connectivity index is 1.69. The molecule has 7 heteroatoms. The number of aromatic nitrogens is 2. The first kappa shape index (κ1) is 18.0. The van der Waals surface area contributed by atoms with E-state index in [1.54, 1.807) is 18.3 Å². The molecule has 3 amide bonds. The van der Waals surface area contributed by atoms with Crippen molar-refractivity contribution in [1.29, 1.82) is 0 Å². The van der Waals surface area contributed by atoms with Crippen molar-refractivity contribution >= 4 is 17.6 Å². The number of carbonyl (C=O) groups excluding carboxylic acids is 2. The van der Waals surface area contributed by atoms with Gasteiger partial charge in [-0.15, -0.1) is 0 Å². The number of H-pyrrole nitrogens is 1. The average molecular weight is 355 g/mol. The Morgan fingerprint density at radius 2 is 2.04 bits per heavy atom. The maximum absolute atomic E-state index is 12.4. The van der Waals surface area contributed by atoms with Crippen LogP contribution in [0.1, 0.15) is 48.7 Å². The van der Waals surface area contributed by atoms with Crippen LogP contribution < -0.4 is 10.6 Å². The van der Waals surface area contributed by atoms with Crippen molar-refractivity contribution in [2.24, 2.45) is 0 Å². The molecule has 2 aromatic rings. The Morgan fingerprint density at radius 1 is 1.27 bits per heavy atom. The van der Waals surface area contributed by atoms with Crippen LogP contribution in [-0.2, 0) is 0 Å². The van der Waals surface area contributed by atoms with Crippen LogP contribution in [0, 0.1) is 0 Å². The molecule has 7 nitrogen and oxygen atoms in total. The number of hydrogen-bond donors (Lipinski definition) is 3. The number of anilines is 1. The lowest BCUT2D eigenvalue weighted by Crippen LogP contribution is -2.47.